The maximum absolute atomic E-state index is 11.4. The number of aryl methyl sites for hydroxylation is 2. The van der Waals surface area contributed by atoms with Gasteiger partial charge in [-0.2, -0.15) is 0 Å². The standard InChI is InChI=1S/C11H14N2O3S/c1-3-7-5-6-8(17(12,14)15)11-10(7)13-9(4-2)16-11/h5-6H,3-4H2,1-2H3,(H2,12,14,15). The zero-order chi connectivity index (χ0) is 12.6. The van der Waals surface area contributed by atoms with Crippen molar-refractivity contribution in [1.29, 1.82) is 0 Å². The van der Waals surface area contributed by atoms with Gasteiger partial charge in [0.1, 0.15) is 10.4 Å². The molecule has 0 radical (unpaired) electrons. The highest BCUT2D eigenvalue weighted by Crippen LogP contribution is 2.26. The van der Waals surface area contributed by atoms with Gasteiger partial charge in [0.15, 0.2) is 11.5 Å². The van der Waals surface area contributed by atoms with E-state index in [9.17, 15) is 8.42 Å². The monoisotopic (exact) mass is 254 g/mol. The number of benzene rings is 1. The maximum atomic E-state index is 11.4. The molecule has 1 heterocycles. The summed E-state index contributed by atoms with van der Waals surface area (Å²) in [5, 5.41) is 5.15. The predicted molar refractivity (Wildman–Crippen MR) is 64.1 cm³/mol. The van der Waals surface area contributed by atoms with Crippen LogP contribution in [-0.4, -0.2) is 13.4 Å². The van der Waals surface area contributed by atoms with Crippen molar-refractivity contribution in [1.82, 2.24) is 4.98 Å². The highest BCUT2D eigenvalue weighted by Gasteiger charge is 2.19. The summed E-state index contributed by atoms with van der Waals surface area (Å²) in [4.78, 5) is 4.29. The number of primary sulfonamides is 1. The van der Waals surface area contributed by atoms with E-state index in [0.29, 0.717) is 17.8 Å². The molecule has 0 bridgehead atoms. The van der Waals surface area contributed by atoms with Crippen molar-refractivity contribution in [3.63, 3.8) is 0 Å². The van der Waals surface area contributed by atoms with Gasteiger partial charge in [0, 0.05) is 6.42 Å². The Morgan fingerprint density at radius 1 is 1.29 bits per heavy atom. The zero-order valence-corrected chi connectivity index (χ0v) is 10.5. The Kier molecular flexibility index (Phi) is 2.92. The Morgan fingerprint density at radius 2 is 2.00 bits per heavy atom. The van der Waals surface area contributed by atoms with Crippen molar-refractivity contribution >= 4 is 21.1 Å². The van der Waals surface area contributed by atoms with Gasteiger partial charge in [-0.05, 0) is 18.1 Å². The van der Waals surface area contributed by atoms with Crippen molar-refractivity contribution in [2.75, 3.05) is 0 Å². The lowest BCUT2D eigenvalue weighted by molar-refractivity contribution is 0.530. The molecule has 5 nitrogen and oxygen atoms in total. The first-order chi connectivity index (χ1) is 7.97. The summed E-state index contributed by atoms with van der Waals surface area (Å²) in [6.07, 6.45) is 1.37. The van der Waals surface area contributed by atoms with Crippen LogP contribution in [0.15, 0.2) is 21.4 Å². The predicted octanol–water partition coefficient (Wildman–Crippen LogP) is 1.60. The van der Waals surface area contributed by atoms with Crippen LogP contribution in [0, 0.1) is 0 Å². The first kappa shape index (κ1) is 12.1. The molecule has 92 valence electrons. The van der Waals surface area contributed by atoms with Crippen molar-refractivity contribution in [3.8, 4) is 0 Å². The normalized spacial score (nSPS) is 12.2. The molecule has 0 unspecified atom stereocenters. The quantitative estimate of drug-likeness (QED) is 0.901. The lowest BCUT2D eigenvalue weighted by Crippen LogP contribution is -2.12. The topological polar surface area (TPSA) is 86.2 Å². The fourth-order valence-electron chi connectivity index (χ4n) is 1.74. The largest absolute Gasteiger partial charge is 0.439 e. The van der Waals surface area contributed by atoms with Crippen LogP contribution >= 0.6 is 0 Å². The van der Waals surface area contributed by atoms with Gasteiger partial charge < -0.3 is 4.42 Å². The second-order valence-electron chi connectivity index (χ2n) is 3.76. The summed E-state index contributed by atoms with van der Waals surface area (Å²) in [5.41, 5.74) is 1.82. The van der Waals surface area contributed by atoms with E-state index in [1.807, 2.05) is 13.8 Å². The minimum atomic E-state index is -3.78. The molecule has 17 heavy (non-hydrogen) atoms. The number of hydrogen-bond acceptors (Lipinski definition) is 4. The SMILES string of the molecule is CCc1nc2c(CC)ccc(S(N)(=O)=O)c2o1. The Hall–Kier alpha value is -1.40. The first-order valence-electron chi connectivity index (χ1n) is 5.41. The fraction of sp³-hybridized carbons (Fsp3) is 0.364. The highest BCUT2D eigenvalue weighted by atomic mass is 32.2. The van der Waals surface area contributed by atoms with E-state index >= 15 is 0 Å². The molecular weight excluding hydrogens is 240 g/mol. The van der Waals surface area contributed by atoms with Crippen molar-refractivity contribution in [2.24, 2.45) is 5.14 Å². The Bertz CT molecular complexity index is 659. The first-order valence-corrected chi connectivity index (χ1v) is 6.96. The summed E-state index contributed by atoms with van der Waals surface area (Å²) >= 11 is 0. The lowest BCUT2D eigenvalue weighted by atomic mass is 10.1. The molecule has 2 N–H and O–H groups in total. The van der Waals surface area contributed by atoms with E-state index in [-0.39, 0.29) is 10.5 Å². The van der Waals surface area contributed by atoms with Gasteiger partial charge in [0.2, 0.25) is 10.0 Å². The van der Waals surface area contributed by atoms with E-state index < -0.39 is 10.0 Å². The van der Waals surface area contributed by atoms with Crippen LogP contribution in [0.1, 0.15) is 25.3 Å². The van der Waals surface area contributed by atoms with Crippen LogP contribution in [0.3, 0.4) is 0 Å². The number of nitrogens with two attached hydrogens (primary N) is 1. The van der Waals surface area contributed by atoms with Crippen LogP contribution < -0.4 is 5.14 Å². The molecule has 0 fully saturated rings. The second kappa shape index (κ2) is 4.12. The molecule has 0 aliphatic carbocycles. The zero-order valence-electron chi connectivity index (χ0n) is 9.73. The van der Waals surface area contributed by atoms with Crippen LogP contribution in [0.5, 0.6) is 0 Å². The molecule has 0 saturated carbocycles. The number of fused-ring (bicyclic) bond motifs is 1. The van der Waals surface area contributed by atoms with Gasteiger partial charge in [-0.25, -0.2) is 18.5 Å². The molecule has 0 aliphatic heterocycles. The van der Waals surface area contributed by atoms with E-state index in [1.165, 1.54) is 6.07 Å². The number of rotatable bonds is 3. The van der Waals surface area contributed by atoms with Gasteiger partial charge in [0.25, 0.3) is 0 Å². The maximum Gasteiger partial charge on any atom is 0.241 e. The third-order valence-electron chi connectivity index (χ3n) is 2.63. The van der Waals surface area contributed by atoms with Gasteiger partial charge >= 0.3 is 0 Å². The van der Waals surface area contributed by atoms with E-state index in [1.54, 1.807) is 6.07 Å². The minimum absolute atomic E-state index is 0.00287. The molecule has 2 aromatic rings. The number of hydrogen-bond donors (Lipinski definition) is 1. The average molecular weight is 254 g/mol. The van der Waals surface area contributed by atoms with E-state index in [4.69, 9.17) is 9.56 Å². The van der Waals surface area contributed by atoms with Crippen molar-refractivity contribution in [3.05, 3.63) is 23.6 Å². The molecule has 1 aromatic carbocycles. The van der Waals surface area contributed by atoms with E-state index in [0.717, 1.165) is 12.0 Å². The summed E-state index contributed by atoms with van der Waals surface area (Å²) in [5.74, 6) is 0.519. The van der Waals surface area contributed by atoms with Crippen LogP contribution in [0.25, 0.3) is 11.1 Å². The Labute approximate surface area is 99.7 Å². The Morgan fingerprint density at radius 3 is 2.53 bits per heavy atom. The van der Waals surface area contributed by atoms with Crippen molar-refractivity contribution < 1.29 is 12.8 Å². The summed E-state index contributed by atoms with van der Waals surface area (Å²) in [6, 6.07) is 3.20. The van der Waals surface area contributed by atoms with Gasteiger partial charge in [-0.15, -0.1) is 0 Å². The molecule has 2 rings (SSSR count). The Balaban J connectivity index is 2.85. The lowest BCUT2D eigenvalue weighted by Gasteiger charge is -2.01. The molecule has 1 aromatic heterocycles. The summed E-state index contributed by atoms with van der Waals surface area (Å²) < 4.78 is 28.3. The van der Waals surface area contributed by atoms with Gasteiger partial charge in [-0.1, -0.05) is 19.9 Å². The number of aromatic nitrogens is 1. The average Bonchev–Trinajstić information content (AvgIpc) is 2.69. The molecule has 0 amide bonds. The fourth-order valence-corrected chi connectivity index (χ4v) is 2.40. The second-order valence-corrected chi connectivity index (χ2v) is 5.29. The van der Waals surface area contributed by atoms with Crippen molar-refractivity contribution in [2.45, 2.75) is 31.6 Å². The number of nitrogens with zero attached hydrogens (tertiary/aromatic N) is 1. The van der Waals surface area contributed by atoms with Crippen LogP contribution in [-0.2, 0) is 22.9 Å². The molecule has 0 saturated heterocycles. The smallest absolute Gasteiger partial charge is 0.241 e. The number of sulfonamides is 1. The molecule has 0 aliphatic rings. The summed E-state index contributed by atoms with van der Waals surface area (Å²) in [7, 11) is -3.78. The summed E-state index contributed by atoms with van der Waals surface area (Å²) in [6.45, 7) is 3.87. The molecule has 6 heteroatoms. The third-order valence-corrected chi connectivity index (χ3v) is 3.56. The number of oxazole rings is 1. The van der Waals surface area contributed by atoms with E-state index in [2.05, 4.69) is 4.98 Å². The molecule has 0 spiro atoms. The molecular formula is C11H14N2O3S. The third kappa shape index (κ3) is 2.05. The van der Waals surface area contributed by atoms with Gasteiger partial charge in [0.05, 0.1) is 0 Å². The highest BCUT2D eigenvalue weighted by molar-refractivity contribution is 7.89. The van der Waals surface area contributed by atoms with Crippen LogP contribution in [0.4, 0.5) is 0 Å². The van der Waals surface area contributed by atoms with Gasteiger partial charge in [-0.3, -0.25) is 0 Å². The van der Waals surface area contributed by atoms with Crippen LogP contribution in [0.2, 0.25) is 0 Å². The minimum Gasteiger partial charge on any atom is -0.439 e. The molecule has 0 atom stereocenters.